The number of carboxylic acid groups (broad SMARTS) is 1. The second kappa shape index (κ2) is 5.49. The van der Waals surface area contributed by atoms with E-state index in [9.17, 15) is 9.59 Å². The molecule has 0 unspecified atom stereocenters. The number of carboxylic acids is 1. The zero-order chi connectivity index (χ0) is 14.8. The van der Waals surface area contributed by atoms with Crippen molar-refractivity contribution >= 4 is 11.8 Å². The Labute approximate surface area is 118 Å². The van der Waals surface area contributed by atoms with Crippen LogP contribution in [0.2, 0.25) is 0 Å². The van der Waals surface area contributed by atoms with E-state index in [0.717, 1.165) is 24.2 Å². The summed E-state index contributed by atoms with van der Waals surface area (Å²) >= 11 is 0. The van der Waals surface area contributed by atoms with Crippen molar-refractivity contribution in [1.82, 2.24) is 5.32 Å². The fraction of sp³-hybridized carbons (Fsp3) is 0.375. The molecule has 1 aromatic rings. The van der Waals surface area contributed by atoms with Crippen molar-refractivity contribution in [3.05, 3.63) is 47.2 Å². The number of aromatic carboxylic acids is 1. The summed E-state index contributed by atoms with van der Waals surface area (Å²) in [6.07, 6.45) is 2.85. The molecule has 1 heterocycles. The minimum absolute atomic E-state index is 0.0354. The van der Waals surface area contributed by atoms with Crippen molar-refractivity contribution in [1.29, 1.82) is 0 Å². The second-order valence-corrected chi connectivity index (χ2v) is 6.01. The summed E-state index contributed by atoms with van der Waals surface area (Å²) < 4.78 is 0. The highest BCUT2D eigenvalue weighted by atomic mass is 16.4. The summed E-state index contributed by atoms with van der Waals surface area (Å²) in [4.78, 5) is 22.7. The van der Waals surface area contributed by atoms with Crippen LogP contribution in [0.25, 0.3) is 0 Å². The molecule has 1 aliphatic heterocycles. The SMILES string of the molecule is CC1(C)CN/C(=C\C(=O)Cc2ccc(C(=O)O)cc2)C1. The molecule has 0 bridgehead atoms. The predicted molar refractivity (Wildman–Crippen MR) is 76.6 cm³/mol. The molecular weight excluding hydrogens is 254 g/mol. The smallest absolute Gasteiger partial charge is 0.335 e. The summed E-state index contributed by atoms with van der Waals surface area (Å²) in [7, 11) is 0. The van der Waals surface area contributed by atoms with Crippen molar-refractivity contribution in [2.45, 2.75) is 26.7 Å². The molecule has 4 heteroatoms. The van der Waals surface area contributed by atoms with Gasteiger partial charge in [0.1, 0.15) is 0 Å². The Hall–Kier alpha value is -2.10. The summed E-state index contributed by atoms with van der Waals surface area (Å²) in [6.45, 7) is 5.21. The van der Waals surface area contributed by atoms with Crippen LogP contribution in [0.5, 0.6) is 0 Å². The van der Waals surface area contributed by atoms with Crippen molar-refractivity contribution in [2.75, 3.05) is 6.54 Å². The Morgan fingerprint density at radius 2 is 1.95 bits per heavy atom. The van der Waals surface area contributed by atoms with Crippen molar-refractivity contribution in [3.8, 4) is 0 Å². The fourth-order valence-electron chi connectivity index (χ4n) is 2.31. The van der Waals surface area contributed by atoms with Crippen LogP contribution >= 0.6 is 0 Å². The van der Waals surface area contributed by atoms with E-state index in [0.29, 0.717) is 6.42 Å². The third kappa shape index (κ3) is 3.70. The second-order valence-electron chi connectivity index (χ2n) is 6.01. The van der Waals surface area contributed by atoms with E-state index in [4.69, 9.17) is 5.11 Å². The van der Waals surface area contributed by atoms with E-state index >= 15 is 0 Å². The molecule has 0 saturated carbocycles. The molecule has 1 fully saturated rings. The van der Waals surface area contributed by atoms with Crippen LogP contribution in [-0.4, -0.2) is 23.4 Å². The summed E-state index contributed by atoms with van der Waals surface area (Å²) in [5, 5.41) is 12.1. The normalized spacial score (nSPS) is 18.8. The number of benzene rings is 1. The largest absolute Gasteiger partial charge is 0.478 e. The van der Waals surface area contributed by atoms with Gasteiger partial charge in [0.25, 0.3) is 0 Å². The van der Waals surface area contributed by atoms with Crippen molar-refractivity contribution < 1.29 is 14.7 Å². The average Bonchev–Trinajstić information content (AvgIpc) is 2.69. The van der Waals surface area contributed by atoms with Gasteiger partial charge in [-0.1, -0.05) is 26.0 Å². The van der Waals surface area contributed by atoms with E-state index in [1.165, 1.54) is 12.1 Å². The predicted octanol–water partition coefficient (Wildman–Crippen LogP) is 2.40. The molecule has 0 amide bonds. The Morgan fingerprint density at radius 3 is 2.45 bits per heavy atom. The van der Waals surface area contributed by atoms with E-state index < -0.39 is 5.97 Å². The average molecular weight is 273 g/mol. The molecular formula is C16H19NO3. The molecule has 0 spiro atoms. The van der Waals surface area contributed by atoms with Gasteiger partial charge in [0.05, 0.1) is 5.56 Å². The molecule has 4 nitrogen and oxygen atoms in total. The highest BCUT2D eigenvalue weighted by molar-refractivity contribution is 5.92. The zero-order valence-electron chi connectivity index (χ0n) is 11.8. The standard InChI is InChI=1S/C16H19NO3/c1-16(2)9-13(17-10-16)8-14(18)7-11-3-5-12(6-4-11)15(19)20/h3-6,8,17H,7,9-10H2,1-2H3,(H,19,20)/b13-8-. The third-order valence-corrected chi connectivity index (χ3v) is 3.38. The monoisotopic (exact) mass is 273 g/mol. The van der Waals surface area contributed by atoms with Crippen LogP contribution < -0.4 is 5.32 Å². The number of carbonyl (C=O) groups is 2. The maximum Gasteiger partial charge on any atom is 0.335 e. The number of carbonyl (C=O) groups excluding carboxylic acids is 1. The van der Waals surface area contributed by atoms with E-state index in [-0.39, 0.29) is 16.8 Å². The van der Waals surface area contributed by atoms with Gasteiger partial charge < -0.3 is 10.4 Å². The number of nitrogens with one attached hydrogen (secondary N) is 1. The summed E-state index contributed by atoms with van der Waals surface area (Å²) in [5.74, 6) is -0.921. The molecule has 1 saturated heterocycles. The Bertz CT molecular complexity index is 556. The first-order chi connectivity index (χ1) is 9.35. The molecule has 0 aliphatic carbocycles. The summed E-state index contributed by atoms with van der Waals surface area (Å²) in [5.41, 5.74) is 2.25. The van der Waals surface area contributed by atoms with Crippen LogP contribution in [-0.2, 0) is 11.2 Å². The number of ketones is 1. The van der Waals surface area contributed by atoms with Crippen molar-refractivity contribution in [2.24, 2.45) is 5.41 Å². The van der Waals surface area contributed by atoms with Gasteiger partial charge in [-0.15, -0.1) is 0 Å². The first-order valence-corrected chi connectivity index (χ1v) is 6.65. The third-order valence-electron chi connectivity index (χ3n) is 3.38. The van der Waals surface area contributed by atoms with Crippen LogP contribution in [0.4, 0.5) is 0 Å². The molecule has 0 atom stereocenters. The minimum Gasteiger partial charge on any atom is -0.478 e. The van der Waals surface area contributed by atoms with Gasteiger partial charge in [0.2, 0.25) is 0 Å². The molecule has 1 aromatic carbocycles. The van der Waals surface area contributed by atoms with E-state index in [1.807, 2.05) is 0 Å². The molecule has 2 N–H and O–H groups in total. The van der Waals surface area contributed by atoms with Gasteiger partial charge in [-0.3, -0.25) is 4.79 Å². The quantitative estimate of drug-likeness (QED) is 0.827. The first-order valence-electron chi connectivity index (χ1n) is 6.65. The number of allylic oxidation sites excluding steroid dienone is 2. The molecule has 20 heavy (non-hydrogen) atoms. The number of hydrogen-bond donors (Lipinski definition) is 2. The lowest BCUT2D eigenvalue weighted by molar-refractivity contribution is -0.114. The maximum atomic E-state index is 12.0. The lowest BCUT2D eigenvalue weighted by Gasteiger charge is -2.12. The zero-order valence-corrected chi connectivity index (χ0v) is 11.8. The Balaban J connectivity index is 1.98. The molecule has 1 aliphatic rings. The Morgan fingerprint density at radius 1 is 1.30 bits per heavy atom. The van der Waals surface area contributed by atoms with Gasteiger partial charge in [0, 0.05) is 24.7 Å². The van der Waals surface area contributed by atoms with Crippen LogP contribution in [0.15, 0.2) is 36.0 Å². The Kier molecular flexibility index (Phi) is 3.93. The van der Waals surface area contributed by atoms with Crippen LogP contribution in [0.3, 0.4) is 0 Å². The summed E-state index contributed by atoms with van der Waals surface area (Å²) in [6, 6.07) is 6.42. The fourth-order valence-corrected chi connectivity index (χ4v) is 2.31. The van der Waals surface area contributed by atoms with E-state index in [1.54, 1.807) is 18.2 Å². The highest BCUT2D eigenvalue weighted by Gasteiger charge is 2.26. The topological polar surface area (TPSA) is 66.4 Å². The minimum atomic E-state index is -0.956. The number of rotatable bonds is 4. The van der Waals surface area contributed by atoms with Gasteiger partial charge in [-0.25, -0.2) is 4.79 Å². The van der Waals surface area contributed by atoms with Crippen molar-refractivity contribution in [3.63, 3.8) is 0 Å². The van der Waals surface area contributed by atoms with Gasteiger partial charge in [-0.2, -0.15) is 0 Å². The van der Waals surface area contributed by atoms with Gasteiger partial charge in [0.15, 0.2) is 5.78 Å². The lowest BCUT2D eigenvalue weighted by Crippen LogP contribution is -2.15. The molecule has 2 rings (SSSR count). The molecule has 106 valence electrons. The molecule has 0 aromatic heterocycles. The number of hydrogen-bond acceptors (Lipinski definition) is 3. The highest BCUT2D eigenvalue weighted by Crippen LogP contribution is 2.29. The first kappa shape index (κ1) is 14.3. The molecule has 0 radical (unpaired) electrons. The van der Waals surface area contributed by atoms with Gasteiger partial charge >= 0.3 is 5.97 Å². The maximum absolute atomic E-state index is 12.0. The van der Waals surface area contributed by atoms with Crippen LogP contribution in [0, 0.1) is 5.41 Å². The lowest BCUT2D eigenvalue weighted by atomic mass is 9.92. The van der Waals surface area contributed by atoms with Gasteiger partial charge in [-0.05, 0) is 29.5 Å². The van der Waals surface area contributed by atoms with Crippen LogP contribution in [0.1, 0.15) is 36.2 Å². The van der Waals surface area contributed by atoms with E-state index in [2.05, 4.69) is 19.2 Å².